The molecule has 1 aliphatic heterocycles. The van der Waals surface area contributed by atoms with Crippen LogP contribution < -0.4 is 4.90 Å². The minimum absolute atomic E-state index is 0.0468. The molecule has 2 aromatic carbocycles. The number of sulfonamides is 1. The summed E-state index contributed by atoms with van der Waals surface area (Å²) in [6.07, 6.45) is 2.61. The third-order valence-corrected chi connectivity index (χ3v) is 7.32. The SMILES string of the molecule is Cc1ccc(C(=O)OCC(=O)N(CC#N)c2ccccc2)cc1S(=O)(=O)N1CCCCC1. The highest BCUT2D eigenvalue weighted by Gasteiger charge is 2.28. The number of rotatable bonds is 7. The van der Waals surface area contributed by atoms with Crippen molar-refractivity contribution < 1.29 is 22.7 Å². The maximum atomic E-state index is 13.0. The van der Waals surface area contributed by atoms with Crippen molar-refractivity contribution >= 4 is 27.6 Å². The van der Waals surface area contributed by atoms with Crippen LogP contribution in [0.15, 0.2) is 53.4 Å². The van der Waals surface area contributed by atoms with E-state index in [9.17, 15) is 18.0 Å². The number of amides is 1. The molecule has 0 spiro atoms. The van der Waals surface area contributed by atoms with Crippen molar-refractivity contribution in [2.75, 3.05) is 31.1 Å². The van der Waals surface area contributed by atoms with Crippen molar-refractivity contribution in [1.29, 1.82) is 5.26 Å². The molecule has 9 heteroatoms. The predicted octanol–water partition coefficient (Wildman–Crippen LogP) is 2.88. The zero-order valence-electron chi connectivity index (χ0n) is 17.9. The van der Waals surface area contributed by atoms with Gasteiger partial charge in [0.15, 0.2) is 6.61 Å². The van der Waals surface area contributed by atoms with Gasteiger partial charge in [-0.15, -0.1) is 0 Å². The zero-order valence-corrected chi connectivity index (χ0v) is 18.7. The fourth-order valence-corrected chi connectivity index (χ4v) is 5.31. The molecule has 1 aliphatic rings. The minimum atomic E-state index is -3.72. The van der Waals surface area contributed by atoms with Crippen LogP contribution in [0, 0.1) is 18.3 Å². The van der Waals surface area contributed by atoms with E-state index < -0.39 is 28.5 Å². The molecule has 0 unspecified atom stereocenters. The monoisotopic (exact) mass is 455 g/mol. The first-order valence-corrected chi connectivity index (χ1v) is 11.8. The van der Waals surface area contributed by atoms with Gasteiger partial charge in [-0.3, -0.25) is 9.69 Å². The summed E-state index contributed by atoms with van der Waals surface area (Å²) < 4.78 is 32.7. The molecule has 2 aromatic rings. The first-order valence-electron chi connectivity index (χ1n) is 10.3. The molecule has 0 N–H and O–H groups in total. The third-order valence-electron chi connectivity index (χ3n) is 5.28. The maximum absolute atomic E-state index is 13.0. The number of nitriles is 1. The van der Waals surface area contributed by atoms with E-state index in [-0.39, 0.29) is 17.0 Å². The molecule has 3 rings (SSSR count). The molecule has 168 valence electrons. The average Bonchev–Trinajstić information content (AvgIpc) is 2.82. The quantitative estimate of drug-likeness (QED) is 0.469. The summed E-state index contributed by atoms with van der Waals surface area (Å²) in [5.41, 5.74) is 1.10. The second-order valence-corrected chi connectivity index (χ2v) is 9.40. The van der Waals surface area contributed by atoms with Crippen LogP contribution in [-0.2, 0) is 19.6 Å². The summed E-state index contributed by atoms with van der Waals surface area (Å²) >= 11 is 0. The summed E-state index contributed by atoms with van der Waals surface area (Å²) in [5, 5.41) is 9.03. The smallest absolute Gasteiger partial charge is 0.338 e. The Morgan fingerprint density at radius 2 is 1.78 bits per heavy atom. The van der Waals surface area contributed by atoms with E-state index in [0.29, 0.717) is 24.3 Å². The first-order chi connectivity index (χ1) is 15.3. The van der Waals surface area contributed by atoms with E-state index in [1.165, 1.54) is 21.3 Å². The molecular formula is C23H25N3O5S. The number of aryl methyl sites for hydroxylation is 1. The zero-order chi connectivity index (χ0) is 23.1. The number of anilines is 1. The van der Waals surface area contributed by atoms with Crippen LogP contribution in [0.5, 0.6) is 0 Å². The van der Waals surface area contributed by atoms with E-state index in [0.717, 1.165) is 19.3 Å². The number of nitrogens with zero attached hydrogens (tertiary/aromatic N) is 3. The second-order valence-electron chi connectivity index (χ2n) is 7.49. The van der Waals surface area contributed by atoms with E-state index in [2.05, 4.69) is 0 Å². The third kappa shape index (κ3) is 5.33. The van der Waals surface area contributed by atoms with Gasteiger partial charge >= 0.3 is 5.97 Å². The van der Waals surface area contributed by atoms with E-state index in [4.69, 9.17) is 10.00 Å². The molecule has 0 radical (unpaired) electrons. The van der Waals surface area contributed by atoms with Gasteiger partial charge in [-0.25, -0.2) is 13.2 Å². The topological polar surface area (TPSA) is 108 Å². The molecule has 0 aliphatic carbocycles. The van der Waals surface area contributed by atoms with Gasteiger partial charge in [0, 0.05) is 18.8 Å². The highest BCUT2D eigenvalue weighted by molar-refractivity contribution is 7.89. The van der Waals surface area contributed by atoms with Crippen LogP contribution >= 0.6 is 0 Å². The summed E-state index contributed by atoms with van der Waals surface area (Å²) in [6, 6.07) is 14.9. The van der Waals surface area contributed by atoms with Gasteiger partial charge in [-0.1, -0.05) is 30.7 Å². The maximum Gasteiger partial charge on any atom is 0.338 e. The van der Waals surface area contributed by atoms with Crippen molar-refractivity contribution in [3.63, 3.8) is 0 Å². The molecule has 1 heterocycles. The molecule has 0 bridgehead atoms. The number of esters is 1. The lowest BCUT2D eigenvalue weighted by Crippen LogP contribution is -2.36. The Balaban J connectivity index is 1.73. The lowest BCUT2D eigenvalue weighted by molar-refractivity contribution is -0.121. The number of piperidine rings is 1. The van der Waals surface area contributed by atoms with Crippen LogP contribution in [0.3, 0.4) is 0 Å². The number of benzene rings is 2. The van der Waals surface area contributed by atoms with Gasteiger partial charge in [-0.05, 0) is 49.6 Å². The lowest BCUT2D eigenvalue weighted by Gasteiger charge is -2.26. The van der Waals surface area contributed by atoms with Crippen molar-refractivity contribution in [3.05, 3.63) is 59.7 Å². The van der Waals surface area contributed by atoms with E-state index >= 15 is 0 Å². The van der Waals surface area contributed by atoms with Crippen LogP contribution in [-0.4, -0.2) is 50.8 Å². The normalized spacial score (nSPS) is 14.4. The Morgan fingerprint density at radius 3 is 2.44 bits per heavy atom. The predicted molar refractivity (Wildman–Crippen MR) is 118 cm³/mol. The molecule has 1 saturated heterocycles. The van der Waals surface area contributed by atoms with Crippen molar-refractivity contribution in [2.24, 2.45) is 0 Å². The van der Waals surface area contributed by atoms with Crippen molar-refractivity contribution in [1.82, 2.24) is 4.31 Å². The van der Waals surface area contributed by atoms with Gasteiger partial charge in [0.25, 0.3) is 5.91 Å². The highest BCUT2D eigenvalue weighted by Crippen LogP contribution is 2.24. The number of ether oxygens (including phenoxy) is 1. The summed E-state index contributed by atoms with van der Waals surface area (Å²) in [6.45, 7) is 1.83. The highest BCUT2D eigenvalue weighted by atomic mass is 32.2. The molecule has 32 heavy (non-hydrogen) atoms. The summed E-state index contributed by atoms with van der Waals surface area (Å²) in [4.78, 5) is 26.4. The number of carbonyl (C=O) groups excluding carboxylic acids is 2. The average molecular weight is 456 g/mol. The number of para-hydroxylation sites is 1. The lowest BCUT2D eigenvalue weighted by atomic mass is 10.1. The van der Waals surface area contributed by atoms with Gasteiger partial charge in [-0.2, -0.15) is 9.57 Å². The largest absolute Gasteiger partial charge is 0.452 e. The summed E-state index contributed by atoms with van der Waals surface area (Å²) in [7, 11) is -3.72. The Kier molecular flexibility index (Phi) is 7.62. The number of hydrogen-bond acceptors (Lipinski definition) is 6. The Morgan fingerprint density at radius 1 is 1.09 bits per heavy atom. The molecular weight excluding hydrogens is 430 g/mol. The van der Waals surface area contributed by atoms with E-state index in [1.54, 1.807) is 43.3 Å². The Labute approximate surface area is 188 Å². The van der Waals surface area contributed by atoms with Crippen LogP contribution in [0.1, 0.15) is 35.2 Å². The fourth-order valence-electron chi connectivity index (χ4n) is 3.54. The van der Waals surface area contributed by atoms with Crippen molar-refractivity contribution in [3.8, 4) is 6.07 Å². The number of hydrogen-bond donors (Lipinski definition) is 0. The van der Waals surface area contributed by atoms with Gasteiger partial charge in [0.2, 0.25) is 10.0 Å². The van der Waals surface area contributed by atoms with E-state index in [1.807, 2.05) is 6.07 Å². The standard InChI is InChI=1S/C23H25N3O5S/c1-18-10-11-19(16-21(18)32(29,30)25-13-6-3-7-14-25)23(28)31-17-22(27)26(15-12-24)20-8-4-2-5-9-20/h2,4-5,8-11,16H,3,6-7,13-15,17H2,1H3. The fraction of sp³-hybridized carbons (Fsp3) is 0.348. The second kappa shape index (κ2) is 10.4. The summed E-state index contributed by atoms with van der Waals surface area (Å²) in [5.74, 6) is -1.36. The molecule has 1 amide bonds. The molecule has 8 nitrogen and oxygen atoms in total. The van der Waals surface area contributed by atoms with Crippen LogP contribution in [0.2, 0.25) is 0 Å². The van der Waals surface area contributed by atoms with Crippen LogP contribution in [0.4, 0.5) is 5.69 Å². The van der Waals surface area contributed by atoms with Crippen molar-refractivity contribution in [2.45, 2.75) is 31.1 Å². The first kappa shape index (κ1) is 23.4. The molecule has 0 saturated carbocycles. The Hall–Kier alpha value is -3.22. The molecule has 1 fully saturated rings. The minimum Gasteiger partial charge on any atom is -0.452 e. The Bertz CT molecular complexity index is 1120. The van der Waals surface area contributed by atoms with Gasteiger partial charge in [0.05, 0.1) is 16.5 Å². The van der Waals surface area contributed by atoms with Gasteiger partial charge < -0.3 is 4.74 Å². The van der Waals surface area contributed by atoms with Crippen LogP contribution in [0.25, 0.3) is 0 Å². The van der Waals surface area contributed by atoms with Gasteiger partial charge in [0.1, 0.15) is 6.54 Å². The number of carbonyl (C=O) groups is 2. The molecule has 0 atom stereocenters. The molecule has 0 aromatic heterocycles.